The number of nitrogens with two attached hydrogens (primary N) is 1. The number of likely N-dealkylation sites (tertiary alicyclic amines) is 1. The van der Waals surface area contributed by atoms with Crippen molar-refractivity contribution in [2.24, 2.45) is 5.73 Å². The monoisotopic (exact) mass is 243 g/mol. The van der Waals surface area contributed by atoms with Crippen LogP contribution in [0.25, 0.3) is 0 Å². The number of hydrogen-bond donors (Lipinski definition) is 2. The predicted octanol–water partition coefficient (Wildman–Crippen LogP) is -1.20. The largest absolute Gasteiger partial charge is 0.480 e. The van der Waals surface area contributed by atoms with E-state index in [2.05, 4.69) is 16.8 Å². The lowest BCUT2D eigenvalue weighted by atomic mass is 10.0. The zero-order valence-corrected chi connectivity index (χ0v) is 10.3. The molecule has 0 aliphatic carbocycles. The Bertz CT molecular complexity index is 300. The quantitative estimate of drug-likeness (QED) is 0.648. The first-order valence-electron chi connectivity index (χ1n) is 6.04. The minimum Gasteiger partial charge on any atom is -0.480 e. The van der Waals surface area contributed by atoms with Crippen LogP contribution in [0, 0.1) is 0 Å². The molecule has 0 saturated carbocycles. The number of rotatable bonds is 3. The summed E-state index contributed by atoms with van der Waals surface area (Å²) in [7, 11) is 2.07. The molecule has 6 heteroatoms. The van der Waals surface area contributed by atoms with Gasteiger partial charge >= 0.3 is 5.97 Å². The van der Waals surface area contributed by atoms with Gasteiger partial charge in [-0.05, 0) is 13.5 Å². The lowest BCUT2D eigenvalue weighted by Gasteiger charge is -2.32. The van der Waals surface area contributed by atoms with Gasteiger partial charge in [0.2, 0.25) is 0 Å². The topological polar surface area (TPSA) is 79.0 Å². The van der Waals surface area contributed by atoms with Gasteiger partial charge in [0.15, 0.2) is 0 Å². The van der Waals surface area contributed by atoms with Gasteiger partial charge in [-0.1, -0.05) is 0 Å². The average Bonchev–Trinajstić information content (AvgIpc) is 2.61. The lowest BCUT2D eigenvalue weighted by Crippen LogP contribution is -2.51. The van der Waals surface area contributed by atoms with E-state index in [1.807, 2.05) is 0 Å². The number of carbonyl (C=O) groups is 1. The van der Waals surface area contributed by atoms with E-state index in [4.69, 9.17) is 15.6 Å². The maximum atomic E-state index is 11.0. The molecule has 3 N–H and O–H groups in total. The Morgan fingerprint density at radius 3 is 2.94 bits per heavy atom. The third kappa shape index (κ3) is 2.95. The first-order valence-corrected chi connectivity index (χ1v) is 6.04. The number of aliphatic carboxylic acids is 1. The number of likely N-dealkylation sites (N-methyl/N-ethyl adjacent to an activating group) is 1. The van der Waals surface area contributed by atoms with Gasteiger partial charge < -0.3 is 20.5 Å². The van der Waals surface area contributed by atoms with Crippen molar-refractivity contribution in [2.45, 2.75) is 18.1 Å². The van der Waals surface area contributed by atoms with Crippen molar-refractivity contribution < 1.29 is 14.6 Å². The number of nitrogens with zero attached hydrogens (tertiary/aromatic N) is 2. The molecule has 2 fully saturated rings. The Kier molecular flexibility index (Phi) is 3.67. The molecule has 98 valence electrons. The van der Waals surface area contributed by atoms with E-state index in [0.29, 0.717) is 13.0 Å². The van der Waals surface area contributed by atoms with Crippen LogP contribution in [0.3, 0.4) is 0 Å². The predicted molar refractivity (Wildman–Crippen MR) is 62.8 cm³/mol. The van der Waals surface area contributed by atoms with E-state index >= 15 is 0 Å². The van der Waals surface area contributed by atoms with Crippen molar-refractivity contribution in [2.75, 3.05) is 46.4 Å². The van der Waals surface area contributed by atoms with E-state index in [1.54, 1.807) is 0 Å². The van der Waals surface area contributed by atoms with Gasteiger partial charge in [-0.25, -0.2) is 0 Å². The summed E-state index contributed by atoms with van der Waals surface area (Å²) in [5, 5.41) is 9.05. The Morgan fingerprint density at radius 1 is 1.59 bits per heavy atom. The maximum absolute atomic E-state index is 11.0. The fraction of sp³-hybridized carbons (Fsp3) is 0.909. The fourth-order valence-electron chi connectivity index (χ4n) is 2.51. The highest BCUT2D eigenvalue weighted by Crippen LogP contribution is 2.20. The van der Waals surface area contributed by atoms with Gasteiger partial charge in [0.1, 0.15) is 5.54 Å². The molecule has 17 heavy (non-hydrogen) atoms. The van der Waals surface area contributed by atoms with E-state index < -0.39 is 11.5 Å². The fourth-order valence-corrected chi connectivity index (χ4v) is 2.51. The summed E-state index contributed by atoms with van der Waals surface area (Å²) >= 11 is 0. The van der Waals surface area contributed by atoms with Crippen LogP contribution in [0.5, 0.6) is 0 Å². The molecule has 6 nitrogen and oxygen atoms in total. The van der Waals surface area contributed by atoms with Crippen molar-refractivity contribution in [3.05, 3.63) is 0 Å². The molecule has 2 aliphatic rings. The highest BCUT2D eigenvalue weighted by molar-refractivity contribution is 5.79. The van der Waals surface area contributed by atoms with Crippen LogP contribution in [0.2, 0.25) is 0 Å². The normalized spacial score (nSPS) is 36.2. The van der Waals surface area contributed by atoms with E-state index in [9.17, 15) is 4.79 Å². The molecular weight excluding hydrogens is 222 g/mol. The summed E-state index contributed by atoms with van der Waals surface area (Å²) in [6, 6.07) is 0. The molecule has 0 bridgehead atoms. The molecule has 0 aromatic heterocycles. The average molecular weight is 243 g/mol. The number of hydrogen-bond acceptors (Lipinski definition) is 5. The SMILES string of the molecule is CN1CCOC(CN2CCC(N)(C(=O)O)C2)C1. The smallest absolute Gasteiger partial charge is 0.325 e. The van der Waals surface area contributed by atoms with Gasteiger partial charge in [-0.3, -0.25) is 9.69 Å². The minimum atomic E-state index is -1.07. The van der Waals surface area contributed by atoms with Gasteiger partial charge in [0.05, 0.1) is 12.7 Å². The molecule has 2 atom stereocenters. The van der Waals surface area contributed by atoms with Crippen LogP contribution < -0.4 is 5.73 Å². The van der Waals surface area contributed by atoms with Gasteiger partial charge in [0.25, 0.3) is 0 Å². The molecule has 2 saturated heterocycles. The highest BCUT2D eigenvalue weighted by Gasteiger charge is 2.41. The number of carboxylic acid groups (broad SMARTS) is 1. The number of morpholine rings is 1. The zero-order valence-electron chi connectivity index (χ0n) is 10.3. The molecule has 0 aromatic rings. The molecule has 2 heterocycles. The van der Waals surface area contributed by atoms with Crippen LogP contribution in [0.1, 0.15) is 6.42 Å². The summed E-state index contributed by atoms with van der Waals surface area (Å²) in [6.07, 6.45) is 0.690. The van der Waals surface area contributed by atoms with Crippen LogP contribution in [0.15, 0.2) is 0 Å². The summed E-state index contributed by atoms with van der Waals surface area (Å²) in [5.74, 6) is -0.901. The van der Waals surface area contributed by atoms with E-state index in [-0.39, 0.29) is 6.10 Å². The van der Waals surface area contributed by atoms with Crippen molar-refractivity contribution in [3.8, 4) is 0 Å². The molecule has 0 amide bonds. The summed E-state index contributed by atoms with van der Waals surface area (Å²) in [5.41, 5.74) is 4.76. The zero-order chi connectivity index (χ0) is 12.5. The van der Waals surface area contributed by atoms with E-state index in [1.165, 1.54) is 0 Å². The second-order valence-electron chi connectivity index (χ2n) is 5.20. The van der Waals surface area contributed by atoms with Gasteiger partial charge in [-0.2, -0.15) is 0 Å². The third-order valence-electron chi connectivity index (χ3n) is 3.61. The Balaban J connectivity index is 1.83. The summed E-state index contributed by atoms with van der Waals surface area (Å²) in [6.45, 7) is 4.56. The number of ether oxygens (including phenoxy) is 1. The van der Waals surface area contributed by atoms with Crippen LogP contribution >= 0.6 is 0 Å². The molecule has 2 aliphatic heterocycles. The van der Waals surface area contributed by atoms with Crippen LogP contribution in [-0.2, 0) is 9.53 Å². The molecule has 2 rings (SSSR count). The Labute approximate surface area is 101 Å². The summed E-state index contributed by atoms with van der Waals surface area (Å²) < 4.78 is 5.67. The molecular formula is C11H21N3O3. The van der Waals surface area contributed by atoms with Crippen LogP contribution in [-0.4, -0.2) is 78.9 Å². The van der Waals surface area contributed by atoms with Crippen molar-refractivity contribution in [3.63, 3.8) is 0 Å². The van der Waals surface area contributed by atoms with Crippen molar-refractivity contribution >= 4 is 5.97 Å². The number of carboxylic acids is 1. The Hall–Kier alpha value is -0.690. The lowest BCUT2D eigenvalue weighted by molar-refractivity contribution is -0.142. The first kappa shape index (κ1) is 12.8. The Morgan fingerprint density at radius 2 is 2.35 bits per heavy atom. The third-order valence-corrected chi connectivity index (χ3v) is 3.61. The van der Waals surface area contributed by atoms with Crippen molar-refractivity contribution in [1.82, 2.24) is 9.80 Å². The maximum Gasteiger partial charge on any atom is 0.325 e. The minimum absolute atomic E-state index is 0.171. The standard InChI is InChI=1S/C11H21N3O3/c1-13-4-5-17-9(6-13)7-14-3-2-11(12,8-14)10(15)16/h9H,2-8,12H2,1H3,(H,15,16). The molecule has 2 unspecified atom stereocenters. The second-order valence-corrected chi connectivity index (χ2v) is 5.20. The van der Waals surface area contributed by atoms with Crippen molar-refractivity contribution in [1.29, 1.82) is 0 Å². The van der Waals surface area contributed by atoms with Gasteiger partial charge in [-0.15, -0.1) is 0 Å². The van der Waals surface area contributed by atoms with Crippen LogP contribution in [0.4, 0.5) is 0 Å². The van der Waals surface area contributed by atoms with E-state index in [0.717, 1.165) is 32.8 Å². The molecule has 0 radical (unpaired) electrons. The second kappa shape index (κ2) is 4.89. The summed E-state index contributed by atoms with van der Waals surface area (Å²) in [4.78, 5) is 15.4. The first-order chi connectivity index (χ1) is 7.99. The molecule has 0 aromatic carbocycles. The van der Waals surface area contributed by atoms with Gasteiger partial charge in [0, 0.05) is 32.7 Å². The molecule has 0 spiro atoms. The highest BCUT2D eigenvalue weighted by atomic mass is 16.5.